The highest BCUT2D eigenvalue weighted by Crippen LogP contribution is 2.71. The van der Waals surface area contributed by atoms with Gasteiger partial charge in [0.2, 0.25) is 0 Å². The van der Waals surface area contributed by atoms with E-state index in [9.17, 15) is 0 Å². The van der Waals surface area contributed by atoms with Crippen molar-refractivity contribution >= 4 is 0 Å². The van der Waals surface area contributed by atoms with Crippen molar-refractivity contribution in [3.63, 3.8) is 0 Å². The summed E-state index contributed by atoms with van der Waals surface area (Å²) in [4.78, 5) is 0. The molecule has 4 saturated carbocycles. The maximum absolute atomic E-state index is 2.61. The second-order valence-electron chi connectivity index (χ2n) is 7.45. The van der Waals surface area contributed by atoms with Crippen molar-refractivity contribution in [3.05, 3.63) is 12.2 Å². The van der Waals surface area contributed by atoms with Gasteiger partial charge in [0.25, 0.3) is 0 Å². The van der Waals surface area contributed by atoms with E-state index in [4.69, 9.17) is 0 Å². The van der Waals surface area contributed by atoms with Gasteiger partial charge in [-0.05, 0) is 78.9 Å². The predicted molar refractivity (Wildman–Crippen MR) is 64.7 cm³/mol. The largest absolute Gasteiger partial charge is 0.0848 e. The molecule has 4 fully saturated rings. The minimum absolute atomic E-state index is 0.995. The summed E-state index contributed by atoms with van der Waals surface area (Å²) >= 11 is 0. The number of fused-ring (bicyclic) bond motifs is 11. The molecule has 5 aliphatic carbocycles. The standard InChI is InChI=1S/C16H22/c1-8-13-9-2-4-11(6-9)15(13)16-12-5-3-10(7-12)14(8)16/h2,4,8-16H,3,5-7H2,1H3. The highest BCUT2D eigenvalue weighted by molar-refractivity contribution is 5.22. The van der Waals surface area contributed by atoms with Gasteiger partial charge in [0.15, 0.2) is 0 Å². The van der Waals surface area contributed by atoms with Gasteiger partial charge in [0, 0.05) is 0 Å². The van der Waals surface area contributed by atoms with Crippen LogP contribution in [0.2, 0.25) is 0 Å². The molecule has 4 bridgehead atoms. The smallest absolute Gasteiger partial charge is 0.0194 e. The highest BCUT2D eigenvalue weighted by atomic mass is 14.7. The maximum atomic E-state index is 2.61. The van der Waals surface area contributed by atoms with Crippen LogP contribution in [-0.2, 0) is 0 Å². The SMILES string of the molecule is CC1C2C3C=CC(C3)C2C2C3CCC(C3)C12. The molecule has 9 atom stereocenters. The fraction of sp³-hybridized carbons (Fsp3) is 0.875. The zero-order chi connectivity index (χ0) is 10.4. The van der Waals surface area contributed by atoms with Gasteiger partial charge in [-0.3, -0.25) is 0 Å². The van der Waals surface area contributed by atoms with E-state index >= 15 is 0 Å². The van der Waals surface area contributed by atoms with Gasteiger partial charge in [-0.25, -0.2) is 0 Å². The average Bonchev–Trinajstić information content (AvgIpc) is 2.98. The summed E-state index contributed by atoms with van der Waals surface area (Å²) in [5.41, 5.74) is 0. The minimum Gasteiger partial charge on any atom is -0.0848 e. The van der Waals surface area contributed by atoms with Crippen LogP contribution in [0.25, 0.3) is 0 Å². The Morgan fingerprint density at radius 1 is 0.750 bits per heavy atom. The fourth-order valence-electron chi connectivity index (χ4n) is 7.17. The van der Waals surface area contributed by atoms with Gasteiger partial charge >= 0.3 is 0 Å². The van der Waals surface area contributed by atoms with E-state index in [0.29, 0.717) is 0 Å². The molecule has 5 aliphatic rings. The van der Waals surface area contributed by atoms with Crippen molar-refractivity contribution in [1.82, 2.24) is 0 Å². The Bertz CT molecular complexity index is 368. The normalized spacial score (nSPS) is 68.9. The molecule has 0 aromatic heterocycles. The Kier molecular flexibility index (Phi) is 1.42. The third kappa shape index (κ3) is 0.772. The topological polar surface area (TPSA) is 0 Å². The lowest BCUT2D eigenvalue weighted by Gasteiger charge is -2.31. The van der Waals surface area contributed by atoms with Crippen molar-refractivity contribution in [2.45, 2.75) is 32.6 Å². The van der Waals surface area contributed by atoms with E-state index in [1.54, 1.807) is 19.3 Å². The van der Waals surface area contributed by atoms with Crippen LogP contribution >= 0.6 is 0 Å². The molecule has 0 heteroatoms. The Morgan fingerprint density at radius 2 is 1.44 bits per heavy atom. The fourth-order valence-corrected chi connectivity index (χ4v) is 7.17. The lowest BCUT2D eigenvalue weighted by molar-refractivity contribution is 0.175. The summed E-state index contributed by atoms with van der Waals surface area (Å²) in [5, 5.41) is 0. The molecule has 0 aromatic rings. The van der Waals surface area contributed by atoms with E-state index in [1.807, 2.05) is 0 Å². The summed E-state index contributed by atoms with van der Waals surface area (Å²) < 4.78 is 0. The molecule has 0 aliphatic heterocycles. The highest BCUT2D eigenvalue weighted by Gasteiger charge is 2.65. The first-order valence-corrected chi connectivity index (χ1v) is 7.53. The van der Waals surface area contributed by atoms with Crippen LogP contribution in [0.4, 0.5) is 0 Å². The molecule has 0 heterocycles. The molecule has 86 valence electrons. The van der Waals surface area contributed by atoms with E-state index < -0.39 is 0 Å². The number of hydrogen-bond donors (Lipinski definition) is 0. The maximum Gasteiger partial charge on any atom is -0.0194 e. The Balaban J connectivity index is 1.62. The second-order valence-corrected chi connectivity index (χ2v) is 7.45. The van der Waals surface area contributed by atoms with Gasteiger partial charge < -0.3 is 0 Å². The molecule has 0 spiro atoms. The van der Waals surface area contributed by atoms with Gasteiger partial charge in [0.05, 0.1) is 0 Å². The van der Waals surface area contributed by atoms with Crippen LogP contribution in [-0.4, -0.2) is 0 Å². The number of hydrogen-bond acceptors (Lipinski definition) is 0. The van der Waals surface area contributed by atoms with Gasteiger partial charge in [0.1, 0.15) is 0 Å². The minimum atomic E-state index is 0.995. The molecule has 5 rings (SSSR count). The quantitative estimate of drug-likeness (QED) is 0.539. The third-order valence-corrected chi connectivity index (χ3v) is 7.29. The van der Waals surface area contributed by atoms with Crippen LogP contribution in [0.5, 0.6) is 0 Å². The Labute approximate surface area is 98.5 Å². The average molecular weight is 214 g/mol. The first-order chi connectivity index (χ1) is 7.84. The molecule has 0 nitrogen and oxygen atoms in total. The second kappa shape index (κ2) is 2.60. The van der Waals surface area contributed by atoms with Crippen LogP contribution in [0.1, 0.15) is 32.6 Å². The van der Waals surface area contributed by atoms with E-state index in [-0.39, 0.29) is 0 Å². The van der Waals surface area contributed by atoms with Crippen molar-refractivity contribution in [2.75, 3.05) is 0 Å². The van der Waals surface area contributed by atoms with Crippen molar-refractivity contribution < 1.29 is 0 Å². The Hall–Kier alpha value is -0.260. The van der Waals surface area contributed by atoms with Crippen LogP contribution in [0, 0.1) is 53.3 Å². The predicted octanol–water partition coefficient (Wildman–Crippen LogP) is 3.74. The van der Waals surface area contributed by atoms with Gasteiger partial charge in [-0.15, -0.1) is 0 Å². The summed E-state index contributed by atoms with van der Waals surface area (Å²) in [5.74, 6) is 9.92. The Morgan fingerprint density at radius 3 is 2.25 bits per heavy atom. The molecule has 0 amide bonds. The summed E-state index contributed by atoms with van der Waals surface area (Å²) in [6.45, 7) is 2.61. The monoisotopic (exact) mass is 214 g/mol. The molecular formula is C16H22. The molecule has 0 radical (unpaired) electrons. The lowest BCUT2D eigenvalue weighted by atomic mass is 9.73. The van der Waals surface area contributed by atoms with Crippen molar-refractivity contribution in [2.24, 2.45) is 53.3 Å². The zero-order valence-corrected chi connectivity index (χ0v) is 10.2. The number of rotatable bonds is 0. The third-order valence-electron chi connectivity index (χ3n) is 7.29. The van der Waals surface area contributed by atoms with E-state index in [1.165, 1.54) is 12.3 Å². The zero-order valence-electron chi connectivity index (χ0n) is 10.2. The van der Waals surface area contributed by atoms with Crippen LogP contribution in [0.3, 0.4) is 0 Å². The molecule has 0 saturated heterocycles. The van der Waals surface area contributed by atoms with Crippen molar-refractivity contribution in [1.29, 1.82) is 0 Å². The molecule has 9 unspecified atom stereocenters. The lowest BCUT2D eigenvalue weighted by Crippen LogP contribution is -2.26. The molecule has 16 heavy (non-hydrogen) atoms. The summed E-state index contributed by atoms with van der Waals surface area (Å²) in [6, 6.07) is 0. The van der Waals surface area contributed by atoms with Crippen molar-refractivity contribution in [3.8, 4) is 0 Å². The summed E-state index contributed by atoms with van der Waals surface area (Å²) in [6.07, 6.45) is 11.5. The summed E-state index contributed by atoms with van der Waals surface area (Å²) in [7, 11) is 0. The van der Waals surface area contributed by atoms with Gasteiger partial charge in [-0.2, -0.15) is 0 Å². The first kappa shape index (κ1) is 8.78. The van der Waals surface area contributed by atoms with Gasteiger partial charge in [-0.1, -0.05) is 19.1 Å². The van der Waals surface area contributed by atoms with Crippen LogP contribution in [0.15, 0.2) is 12.2 Å². The molecule has 0 aromatic carbocycles. The van der Waals surface area contributed by atoms with E-state index in [0.717, 1.165) is 47.3 Å². The van der Waals surface area contributed by atoms with Crippen LogP contribution < -0.4 is 0 Å². The molecule has 0 N–H and O–H groups in total. The molecular weight excluding hydrogens is 192 g/mol. The van der Waals surface area contributed by atoms with E-state index in [2.05, 4.69) is 19.1 Å². The first-order valence-electron chi connectivity index (χ1n) is 7.53. The number of allylic oxidation sites excluding steroid dienone is 2.